The van der Waals surface area contributed by atoms with Crippen molar-refractivity contribution < 1.29 is 9.47 Å². The summed E-state index contributed by atoms with van der Waals surface area (Å²) in [6.45, 7) is 4.24. The first kappa shape index (κ1) is 15.2. The van der Waals surface area contributed by atoms with Crippen molar-refractivity contribution in [2.24, 2.45) is 0 Å². The van der Waals surface area contributed by atoms with Crippen LogP contribution in [0.5, 0.6) is 11.6 Å². The summed E-state index contributed by atoms with van der Waals surface area (Å²) in [6, 6.07) is 8.21. The summed E-state index contributed by atoms with van der Waals surface area (Å²) in [5.74, 6) is 2.40. The fourth-order valence-electron chi connectivity index (χ4n) is 3.18. The van der Waals surface area contributed by atoms with Crippen molar-refractivity contribution in [1.82, 2.24) is 15.3 Å². The molecule has 4 rings (SSSR count). The van der Waals surface area contributed by atoms with Gasteiger partial charge in [0.25, 0.3) is 5.88 Å². The molecule has 2 aromatic rings. The predicted octanol–water partition coefficient (Wildman–Crippen LogP) is 1.66. The van der Waals surface area contributed by atoms with E-state index < -0.39 is 0 Å². The maximum absolute atomic E-state index is 6.04. The number of benzene rings is 1. The normalized spacial score (nSPS) is 20.2. The number of piperazine rings is 1. The van der Waals surface area contributed by atoms with Gasteiger partial charge in [-0.1, -0.05) is 18.2 Å². The number of anilines is 1. The Kier molecular flexibility index (Phi) is 4.46. The van der Waals surface area contributed by atoms with Crippen LogP contribution in [-0.4, -0.2) is 48.9 Å². The van der Waals surface area contributed by atoms with Crippen LogP contribution in [0.25, 0.3) is 0 Å². The first-order chi connectivity index (χ1) is 11.9. The van der Waals surface area contributed by atoms with E-state index in [2.05, 4.69) is 32.3 Å². The quantitative estimate of drug-likeness (QED) is 0.922. The average Bonchev–Trinajstić information content (AvgIpc) is 2.67. The number of aromatic nitrogens is 2. The van der Waals surface area contributed by atoms with E-state index in [1.807, 2.05) is 12.1 Å². The Hall–Kier alpha value is -2.34. The first-order valence-corrected chi connectivity index (χ1v) is 8.54. The third-order valence-corrected chi connectivity index (χ3v) is 4.47. The van der Waals surface area contributed by atoms with Crippen molar-refractivity contribution in [2.45, 2.75) is 18.9 Å². The number of ether oxygens (including phenoxy) is 2. The summed E-state index contributed by atoms with van der Waals surface area (Å²) in [5.41, 5.74) is 1.27. The maximum Gasteiger partial charge on any atom is 0.257 e. The molecule has 1 unspecified atom stereocenters. The number of aryl methyl sites for hydroxylation is 1. The molecule has 0 saturated carbocycles. The lowest BCUT2D eigenvalue weighted by atomic mass is 10.0. The Morgan fingerprint density at radius 2 is 2.00 bits per heavy atom. The molecule has 1 atom stereocenters. The van der Waals surface area contributed by atoms with Crippen molar-refractivity contribution in [3.8, 4) is 11.6 Å². The van der Waals surface area contributed by atoms with Crippen LogP contribution in [-0.2, 0) is 6.42 Å². The largest absolute Gasteiger partial charge is 0.487 e. The molecule has 1 aromatic heterocycles. The highest BCUT2D eigenvalue weighted by atomic mass is 16.5. The second kappa shape index (κ2) is 7.05. The van der Waals surface area contributed by atoms with Crippen LogP contribution in [0, 0.1) is 0 Å². The molecule has 3 heterocycles. The van der Waals surface area contributed by atoms with E-state index in [1.54, 1.807) is 12.4 Å². The molecule has 2 aliphatic rings. The second-order valence-corrected chi connectivity index (χ2v) is 6.12. The van der Waals surface area contributed by atoms with Gasteiger partial charge in [-0.05, 0) is 24.5 Å². The zero-order valence-corrected chi connectivity index (χ0v) is 13.6. The number of hydrogen-bond acceptors (Lipinski definition) is 6. The van der Waals surface area contributed by atoms with Crippen LogP contribution in [0.4, 0.5) is 5.82 Å². The van der Waals surface area contributed by atoms with E-state index in [0.29, 0.717) is 12.5 Å². The van der Waals surface area contributed by atoms with Crippen LogP contribution in [0.1, 0.15) is 12.0 Å². The van der Waals surface area contributed by atoms with Crippen LogP contribution in [0.15, 0.2) is 36.7 Å². The number of fused-ring (bicyclic) bond motifs is 1. The number of nitrogens with one attached hydrogen (secondary N) is 1. The molecular formula is C18H22N4O2. The summed E-state index contributed by atoms with van der Waals surface area (Å²) in [6.07, 6.45) is 5.43. The van der Waals surface area contributed by atoms with Crippen molar-refractivity contribution >= 4 is 5.82 Å². The third kappa shape index (κ3) is 3.28. The molecule has 126 valence electrons. The Bertz CT molecular complexity index is 688. The maximum atomic E-state index is 6.04. The van der Waals surface area contributed by atoms with E-state index in [4.69, 9.17) is 9.47 Å². The number of rotatable bonds is 4. The molecule has 24 heavy (non-hydrogen) atoms. The van der Waals surface area contributed by atoms with E-state index in [-0.39, 0.29) is 6.10 Å². The molecule has 0 bridgehead atoms. The Morgan fingerprint density at radius 3 is 2.92 bits per heavy atom. The minimum absolute atomic E-state index is 0.0535. The molecular weight excluding hydrogens is 304 g/mol. The number of para-hydroxylation sites is 1. The lowest BCUT2D eigenvalue weighted by Crippen LogP contribution is -2.44. The zero-order chi connectivity index (χ0) is 16.2. The molecule has 0 aliphatic carbocycles. The highest BCUT2D eigenvalue weighted by Crippen LogP contribution is 2.28. The SMILES string of the molecule is c1ccc2c(c1)CCC(COc1nccnc1N1CCNCC1)O2. The summed E-state index contributed by atoms with van der Waals surface area (Å²) >= 11 is 0. The minimum Gasteiger partial charge on any atom is -0.487 e. The van der Waals surface area contributed by atoms with Crippen molar-refractivity contribution in [1.29, 1.82) is 0 Å². The molecule has 6 heteroatoms. The predicted molar refractivity (Wildman–Crippen MR) is 91.8 cm³/mol. The topological polar surface area (TPSA) is 59.5 Å². The minimum atomic E-state index is 0.0535. The van der Waals surface area contributed by atoms with Crippen molar-refractivity contribution in [2.75, 3.05) is 37.7 Å². The third-order valence-electron chi connectivity index (χ3n) is 4.47. The number of hydrogen-bond donors (Lipinski definition) is 1. The Labute approximate surface area is 141 Å². The van der Waals surface area contributed by atoms with Gasteiger partial charge in [0.15, 0.2) is 5.82 Å². The van der Waals surface area contributed by atoms with Gasteiger partial charge in [-0.3, -0.25) is 0 Å². The molecule has 2 aliphatic heterocycles. The van der Waals surface area contributed by atoms with Crippen molar-refractivity contribution in [3.05, 3.63) is 42.2 Å². The standard InChI is InChI=1S/C18H22N4O2/c1-2-4-16-14(3-1)5-6-15(24-16)13-23-18-17(20-7-8-21-18)22-11-9-19-10-12-22/h1-4,7-8,15,19H,5-6,9-13H2. The van der Waals surface area contributed by atoms with Crippen LogP contribution < -0.4 is 19.7 Å². The molecule has 1 saturated heterocycles. The molecule has 6 nitrogen and oxygen atoms in total. The molecule has 0 spiro atoms. The van der Waals surface area contributed by atoms with Crippen molar-refractivity contribution in [3.63, 3.8) is 0 Å². The van der Waals surface area contributed by atoms with Crippen LogP contribution >= 0.6 is 0 Å². The number of nitrogens with zero attached hydrogens (tertiary/aromatic N) is 3. The summed E-state index contributed by atoms with van der Waals surface area (Å²) in [7, 11) is 0. The molecule has 1 aromatic carbocycles. The van der Waals surface area contributed by atoms with E-state index in [0.717, 1.165) is 50.6 Å². The molecule has 0 radical (unpaired) electrons. The summed E-state index contributed by atoms with van der Waals surface area (Å²) in [4.78, 5) is 11.1. The lowest BCUT2D eigenvalue weighted by Gasteiger charge is -2.30. The highest BCUT2D eigenvalue weighted by molar-refractivity contribution is 5.48. The fraction of sp³-hybridized carbons (Fsp3) is 0.444. The summed E-state index contributed by atoms with van der Waals surface area (Å²) < 4.78 is 12.0. The van der Waals surface area contributed by atoms with E-state index >= 15 is 0 Å². The van der Waals surface area contributed by atoms with Gasteiger partial charge in [-0.2, -0.15) is 0 Å². The van der Waals surface area contributed by atoms with Crippen LogP contribution in [0.3, 0.4) is 0 Å². The van der Waals surface area contributed by atoms with Gasteiger partial charge in [0.1, 0.15) is 18.5 Å². The van der Waals surface area contributed by atoms with Crippen LogP contribution in [0.2, 0.25) is 0 Å². The second-order valence-electron chi connectivity index (χ2n) is 6.12. The van der Waals surface area contributed by atoms with Gasteiger partial charge in [0, 0.05) is 38.6 Å². The molecule has 1 N–H and O–H groups in total. The monoisotopic (exact) mass is 326 g/mol. The van der Waals surface area contributed by atoms with Gasteiger partial charge in [0.05, 0.1) is 0 Å². The highest BCUT2D eigenvalue weighted by Gasteiger charge is 2.22. The first-order valence-electron chi connectivity index (χ1n) is 8.54. The lowest BCUT2D eigenvalue weighted by molar-refractivity contribution is 0.107. The molecule has 0 amide bonds. The average molecular weight is 326 g/mol. The van der Waals surface area contributed by atoms with E-state index in [9.17, 15) is 0 Å². The Balaban J connectivity index is 1.41. The van der Waals surface area contributed by atoms with Gasteiger partial charge in [-0.25, -0.2) is 9.97 Å². The van der Waals surface area contributed by atoms with E-state index in [1.165, 1.54) is 5.56 Å². The fourth-order valence-corrected chi connectivity index (χ4v) is 3.18. The Morgan fingerprint density at radius 1 is 1.17 bits per heavy atom. The molecule has 1 fully saturated rings. The van der Waals surface area contributed by atoms with Gasteiger partial charge in [-0.15, -0.1) is 0 Å². The zero-order valence-electron chi connectivity index (χ0n) is 13.6. The summed E-state index contributed by atoms with van der Waals surface area (Å²) in [5, 5.41) is 3.35. The van der Waals surface area contributed by atoms with Gasteiger partial charge < -0.3 is 19.7 Å². The smallest absolute Gasteiger partial charge is 0.257 e. The van der Waals surface area contributed by atoms with Gasteiger partial charge in [0.2, 0.25) is 0 Å². The van der Waals surface area contributed by atoms with Gasteiger partial charge >= 0.3 is 0 Å².